The van der Waals surface area contributed by atoms with Crippen LogP contribution in [0.3, 0.4) is 0 Å². The second-order valence-electron chi connectivity index (χ2n) is 27.1. The van der Waals surface area contributed by atoms with Gasteiger partial charge < -0.3 is 5.11 Å². The van der Waals surface area contributed by atoms with Gasteiger partial charge in [0.05, 0.1) is 0 Å². The molecule has 0 saturated carbocycles. The van der Waals surface area contributed by atoms with Crippen molar-refractivity contribution in [2.24, 2.45) is 21.7 Å². The maximum atomic E-state index is 14.7. The fourth-order valence-corrected chi connectivity index (χ4v) is 10.2. The lowest BCUT2D eigenvalue weighted by molar-refractivity contribution is -0.271. The van der Waals surface area contributed by atoms with Gasteiger partial charge in [-0.1, -0.05) is 178 Å². The van der Waals surface area contributed by atoms with E-state index in [9.17, 15) is 19.8 Å². The number of allylic oxidation sites excluding steroid dienone is 8. The maximum Gasteiger partial charge on any atom is 0.186 e. The number of carbonyl (C=O) groups is 2. The normalized spacial score (nSPS) is 16.5. The molecule has 1 aromatic heterocycles. The van der Waals surface area contributed by atoms with Crippen LogP contribution in [-0.4, -0.2) is 11.6 Å². The SMILES string of the molecule is CC(C)(C)C1=CC(=c2sc(-c3cc(C(C)(C)C)c([O-])c(C(C)(C)C)c3)c(-c3cc(C(C)(C)C)c([O])c(C(C)(C)C)c3)c2=C2C=C(C(C)(C)C)C(=O)C(C(C)(C)C)=C2)C=C(C(C)(C)C)C1=O. The summed E-state index contributed by atoms with van der Waals surface area (Å²) in [5.74, 6) is 0.202. The summed E-state index contributed by atoms with van der Waals surface area (Å²) in [7, 11) is 0. The van der Waals surface area contributed by atoms with Gasteiger partial charge >= 0.3 is 0 Å². The quantitative estimate of drug-likeness (QED) is 0.257. The van der Waals surface area contributed by atoms with Crippen molar-refractivity contribution in [2.45, 2.75) is 188 Å². The van der Waals surface area contributed by atoms with Crippen LogP contribution in [-0.2, 0) is 36.4 Å². The van der Waals surface area contributed by atoms with Crippen molar-refractivity contribution in [3.8, 4) is 33.1 Å². The van der Waals surface area contributed by atoms with Gasteiger partial charge in [-0.2, -0.15) is 0 Å². The van der Waals surface area contributed by atoms with Crippen LogP contribution in [0.5, 0.6) is 11.5 Å². The predicted octanol–water partition coefficient (Wildman–Crippen LogP) is 14.8. The van der Waals surface area contributed by atoms with Gasteiger partial charge in [-0.15, -0.1) is 17.1 Å². The van der Waals surface area contributed by atoms with Crippen molar-refractivity contribution >= 4 is 34.0 Å². The number of thiophene rings is 1. The Balaban J connectivity index is 2.37. The Labute approximate surface area is 397 Å². The first-order valence-corrected chi connectivity index (χ1v) is 24.4. The summed E-state index contributed by atoms with van der Waals surface area (Å²) in [5, 5.41) is 30.2. The maximum absolute atomic E-state index is 14.7. The fraction of sp³-hybridized carbons (Fsp3) is 0.533. The average Bonchev–Trinajstić information content (AvgIpc) is 3.48. The molecule has 65 heavy (non-hydrogen) atoms. The Morgan fingerprint density at radius 3 is 0.985 bits per heavy atom. The molecule has 0 unspecified atom stereocenters. The summed E-state index contributed by atoms with van der Waals surface area (Å²) in [5.41, 5.74) is 6.72. The summed E-state index contributed by atoms with van der Waals surface area (Å²) in [6, 6.07) is 8.41. The lowest BCUT2D eigenvalue weighted by Gasteiger charge is -2.34. The zero-order chi connectivity index (χ0) is 49.9. The predicted molar refractivity (Wildman–Crippen MR) is 276 cm³/mol. The molecule has 2 aromatic carbocycles. The van der Waals surface area contributed by atoms with Crippen LogP contribution < -0.4 is 14.9 Å². The van der Waals surface area contributed by atoms with Gasteiger partial charge in [0.1, 0.15) is 0 Å². The molecule has 0 aliphatic heterocycles. The second kappa shape index (κ2) is 16.2. The van der Waals surface area contributed by atoms with Gasteiger partial charge in [-0.05, 0) is 113 Å². The summed E-state index contributed by atoms with van der Waals surface area (Å²) in [6.07, 6.45) is 8.41. The van der Waals surface area contributed by atoms with E-state index in [2.05, 4.69) is 215 Å². The minimum atomic E-state index is -0.481. The first kappa shape index (κ1) is 51.8. The van der Waals surface area contributed by atoms with Crippen molar-refractivity contribution < 1.29 is 19.8 Å². The van der Waals surface area contributed by atoms with Gasteiger partial charge in [-0.25, -0.2) is 0 Å². The Bertz CT molecular complexity index is 2590. The Kier molecular flexibility index (Phi) is 12.9. The highest BCUT2D eigenvalue weighted by Crippen LogP contribution is 2.48. The first-order valence-electron chi connectivity index (χ1n) is 23.6. The van der Waals surface area contributed by atoms with E-state index in [1.165, 1.54) is 0 Å². The molecular weight excluding hydrogens is 817 g/mol. The number of hydrogen-bond acceptors (Lipinski definition) is 4. The lowest BCUT2D eigenvalue weighted by Crippen LogP contribution is -2.33. The topological polar surface area (TPSA) is 77.1 Å². The van der Waals surface area contributed by atoms with Crippen LogP contribution in [0.1, 0.15) is 188 Å². The highest BCUT2D eigenvalue weighted by molar-refractivity contribution is 7.14. The van der Waals surface area contributed by atoms with Crippen LogP contribution in [0.4, 0.5) is 0 Å². The molecule has 0 atom stereocenters. The smallest absolute Gasteiger partial charge is 0.186 e. The number of benzene rings is 2. The van der Waals surface area contributed by atoms with Crippen molar-refractivity contribution in [3.63, 3.8) is 0 Å². The van der Waals surface area contributed by atoms with E-state index in [-0.39, 0.29) is 23.1 Å². The molecule has 0 N–H and O–H groups in total. The van der Waals surface area contributed by atoms with Gasteiger partial charge in [0.15, 0.2) is 17.3 Å². The third-order valence-corrected chi connectivity index (χ3v) is 14.1. The highest BCUT2D eigenvalue weighted by atomic mass is 32.1. The van der Waals surface area contributed by atoms with E-state index in [0.29, 0.717) is 0 Å². The van der Waals surface area contributed by atoms with E-state index in [1.807, 2.05) is 0 Å². The molecule has 5 rings (SSSR count). The summed E-state index contributed by atoms with van der Waals surface area (Å²) in [6.45, 7) is 50.4. The van der Waals surface area contributed by atoms with Crippen LogP contribution in [0, 0.1) is 21.7 Å². The summed E-state index contributed by atoms with van der Waals surface area (Å²) < 4.78 is 0.964. The van der Waals surface area contributed by atoms with Gasteiger partial charge in [0.25, 0.3) is 0 Å². The lowest BCUT2D eigenvalue weighted by atomic mass is 9.71. The van der Waals surface area contributed by atoms with Crippen LogP contribution >= 0.6 is 11.3 Å². The minimum Gasteiger partial charge on any atom is -0.872 e. The van der Waals surface area contributed by atoms with E-state index in [0.717, 1.165) is 87.0 Å². The largest absolute Gasteiger partial charge is 0.872 e. The zero-order valence-corrected chi connectivity index (χ0v) is 45.5. The second-order valence-corrected chi connectivity index (χ2v) is 28.1. The number of carbonyl (C=O) groups excluding carboxylic acids is 2. The molecule has 351 valence electrons. The fourth-order valence-electron chi connectivity index (χ4n) is 8.91. The number of hydrogen-bond donors (Lipinski definition) is 0. The molecule has 0 spiro atoms. The Hall–Kier alpha value is -4.22. The third-order valence-electron chi connectivity index (χ3n) is 12.8. The van der Waals surface area contributed by atoms with Gasteiger partial charge in [-0.3, -0.25) is 14.7 Å². The number of Topliss-reactive ketones (excluding diaryl/α,β-unsaturated/α-hetero) is 2. The highest BCUT2D eigenvalue weighted by Gasteiger charge is 2.38. The van der Waals surface area contributed by atoms with Crippen molar-refractivity contribution in [3.05, 3.63) is 103 Å². The molecule has 4 nitrogen and oxygen atoms in total. The molecule has 0 saturated heterocycles. The van der Waals surface area contributed by atoms with Gasteiger partial charge in [0.2, 0.25) is 0 Å². The van der Waals surface area contributed by atoms with E-state index in [4.69, 9.17) is 0 Å². The Morgan fingerprint density at radius 2 is 0.692 bits per heavy atom. The number of ketones is 2. The molecular formula is C60H80O4S-. The minimum absolute atomic E-state index is 0.0458. The van der Waals surface area contributed by atoms with E-state index in [1.54, 1.807) is 11.3 Å². The molecule has 1 radical (unpaired) electrons. The van der Waals surface area contributed by atoms with Crippen molar-refractivity contribution in [1.82, 2.24) is 0 Å². The monoisotopic (exact) mass is 897 g/mol. The molecule has 0 amide bonds. The van der Waals surface area contributed by atoms with E-state index >= 15 is 0 Å². The van der Waals surface area contributed by atoms with Crippen LogP contribution in [0.25, 0.3) is 32.7 Å². The van der Waals surface area contributed by atoms with Gasteiger partial charge in [0, 0.05) is 53.6 Å². The van der Waals surface area contributed by atoms with E-state index < -0.39 is 43.3 Å². The van der Waals surface area contributed by atoms with Crippen LogP contribution in [0.2, 0.25) is 0 Å². The molecule has 2 aliphatic carbocycles. The summed E-state index contributed by atoms with van der Waals surface area (Å²) >= 11 is 1.67. The molecule has 1 heterocycles. The Morgan fingerprint density at radius 1 is 0.400 bits per heavy atom. The summed E-state index contributed by atoms with van der Waals surface area (Å²) in [4.78, 5) is 30.2. The third kappa shape index (κ3) is 10.2. The van der Waals surface area contributed by atoms with Crippen molar-refractivity contribution in [2.75, 3.05) is 0 Å². The average molecular weight is 897 g/mol. The molecule has 5 heteroatoms. The molecule has 3 aromatic rings. The zero-order valence-electron chi connectivity index (χ0n) is 44.7. The van der Waals surface area contributed by atoms with Crippen molar-refractivity contribution in [1.29, 1.82) is 0 Å². The molecule has 0 bridgehead atoms. The molecule has 2 aliphatic rings. The van der Waals surface area contributed by atoms with Crippen LogP contribution in [0.15, 0.2) is 70.9 Å². The molecule has 0 fully saturated rings. The standard InChI is InChI=1S/C60H81O4S/c1-53(2,3)37-25-33(26-38(47(37)61)54(4,5)6)45-46(34-27-39(55(7,8)9)48(62)40(28-34)56(10,11)12)52(36-31-43(59(19,20)21)50(64)44(32-36)60(22,23)24)65-51(45)35-29-41(57(13,14)15)49(63)42(30-35)58(16,17)18/h25-32,63H,1-24H3/p-1. The number of rotatable bonds is 2. The first-order chi connectivity index (χ1) is 29.0.